The normalized spacial score (nSPS) is 12.9. The highest BCUT2D eigenvalue weighted by atomic mass is 16.5. The third-order valence-corrected chi connectivity index (χ3v) is 2.55. The van der Waals surface area contributed by atoms with Crippen molar-refractivity contribution in [3.63, 3.8) is 0 Å². The van der Waals surface area contributed by atoms with Gasteiger partial charge < -0.3 is 9.84 Å². The fourth-order valence-electron chi connectivity index (χ4n) is 2.03. The van der Waals surface area contributed by atoms with Crippen LogP contribution in [0.25, 0.3) is 0 Å². The number of ether oxygens (including phenoxy) is 1. The van der Waals surface area contributed by atoms with Gasteiger partial charge in [-0.3, -0.25) is 0 Å². The number of hydrogen-bond acceptors (Lipinski definition) is 2. The van der Waals surface area contributed by atoms with Crippen molar-refractivity contribution in [3.8, 4) is 0 Å². The molecule has 1 rings (SSSR count). The molecular formula is C13H20O2. The van der Waals surface area contributed by atoms with E-state index < -0.39 is 6.10 Å². The summed E-state index contributed by atoms with van der Waals surface area (Å²) in [5.41, 5.74) is 4.52. The summed E-state index contributed by atoms with van der Waals surface area (Å²) in [5.74, 6) is 0. The predicted molar refractivity (Wildman–Crippen MR) is 62.1 cm³/mol. The van der Waals surface area contributed by atoms with E-state index in [4.69, 9.17) is 4.74 Å². The van der Waals surface area contributed by atoms with E-state index in [0.29, 0.717) is 13.2 Å². The molecule has 0 fully saturated rings. The number of aliphatic hydroxyl groups is 1. The van der Waals surface area contributed by atoms with Crippen LogP contribution in [0.15, 0.2) is 12.1 Å². The van der Waals surface area contributed by atoms with Crippen LogP contribution in [0.5, 0.6) is 0 Å². The SMILES string of the molecule is CCOCC(O)c1c(C)cc(C)cc1C. The Hall–Kier alpha value is -0.860. The molecule has 0 aliphatic heterocycles. The molecular weight excluding hydrogens is 188 g/mol. The van der Waals surface area contributed by atoms with Crippen molar-refractivity contribution in [3.05, 3.63) is 34.4 Å². The molecule has 0 aromatic heterocycles. The van der Waals surface area contributed by atoms with Crippen molar-refractivity contribution >= 4 is 0 Å². The second-order valence-electron chi connectivity index (χ2n) is 3.99. The van der Waals surface area contributed by atoms with Crippen LogP contribution in [-0.2, 0) is 4.74 Å². The first-order valence-corrected chi connectivity index (χ1v) is 5.39. The maximum absolute atomic E-state index is 9.98. The summed E-state index contributed by atoms with van der Waals surface area (Å²) in [4.78, 5) is 0. The highest BCUT2D eigenvalue weighted by Crippen LogP contribution is 2.23. The van der Waals surface area contributed by atoms with Gasteiger partial charge in [0.1, 0.15) is 6.10 Å². The second kappa shape index (κ2) is 5.29. The Balaban J connectivity index is 2.92. The quantitative estimate of drug-likeness (QED) is 0.824. The van der Waals surface area contributed by atoms with E-state index in [9.17, 15) is 5.11 Å². The Kier molecular flexibility index (Phi) is 4.30. The van der Waals surface area contributed by atoms with Crippen molar-refractivity contribution < 1.29 is 9.84 Å². The Morgan fingerprint density at radius 2 is 1.73 bits per heavy atom. The summed E-state index contributed by atoms with van der Waals surface area (Å²) in [6, 6.07) is 4.19. The smallest absolute Gasteiger partial charge is 0.103 e. The van der Waals surface area contributed by atoms with Gasteiger partial charge in [0.05, 0.1) is 6.61 Å². The first-order chi connectivity index (χ1) is 7.06. The minimum Gasteiger partial charge on any atom is -0.386 e. The fourth-order valence-corrected chi connectivity index (χ4v) is 2.03. The molecule has 84 valence electrons. The zero-order chi connectivity index (χ0) is 11.4. The van der Waals surface area contributed by atoms with Crippen molar-refractivity contribution in [1.82, 2.24) is 0 Å². The summed E-state index contributed by atoms with van der Waals surface area (Å²) < 4.78 is 5.24. The standard InChI is InChI=1S/C13H20O2/c1-5-15-8-12(14)13-10(3)6-9(2)7-11(13)4/h6-7,12,14H,5,8H2,1-4H3. The first-order valence-electron chi connectivity index (χ1n) is 5.39. The molecule has 1 aromatic carbocycles. The van der Waals surface area contributed by atoms with Crippen molar-refractivity contribution in [2.45, 2.75) is 33.8 Å². The van der Waals surface area contributed by atoms with E-state index in [1.54, 1.807) is 0 Å². The molecule has 1 aromatic rings. The number of hydrogen-bond donors (Lipinski definition) is 1. The zero-order valence-electron chi connectivity index (χ0n) is 10.0. The molecule has 0 aliphatic rings. The van der Waals surface area contributed by atoms with E-state index in [1.165, 1.54) is 5.56 Å². The molecule has 15 heavy (non-hydrogen) atoms. The topological polar surface area (TPSA) is 29.5 Å². The van der Waals surface area contributed by atoms with Gasteiger partial charge in [-0.15, -0.1) is 0 Å². The Bertz CT molecular complexity index is 308. The maximum Gasteiger partial charge on any atom is 0.103 e. The molecule has 0 spiro atoms. The summed E-state index contributed by atoms with van der Waals surface area (Å²) in [7, 11) is 0. The van der Waals surface area contributed by atoms with Gasteiger partial charge in [-0.1, -0.05) is 17.7 Å². The minimum absolute atomic E-state index is 0.376. The lowest BCUT2D eigenvalue weighted by molar-refractivity contribution is 0.0414. The average Bonchev–Trinajstić information content (AvgIpc) is 2.12. The molecule has 0 saturated heterocycles. The summed E-state index contributed by atoms with van der Waals surface area (Å²) >= 11 is 0. The lowest BCUT2D eigenvalue weighted by atomic mass is 9.96. The highest BCUT2D eigenvalue weighted by molar-refractivity contribution is 5.38. The number of aryl methyl sites for hydroxylation is 3. The maximum atomic E-state index is 9.98. The molecule has 1 unspecified atom stereocenters. The lowest BCUT2D eigenvalue weighted by Crippen LogP contribution is -2.10. The third kappa shape index (κ3) is 3.05. The van der Waals surface area contributed by atoms with Crippen LogP contribution in [0.3, 0.4) is 0 Å². The average molecular weight is 208 g/mol. The predicted octanol–water partition coefficient (Wildman–Crippen LogP) is 2.68. The van der Waals surface area contributed by atoms with Crippen molar-refractivity contribution in [2.24, 2.45) is 0 Å². The van der Waals surface area contributed by atoms with Crippen LogP contribution in [0.1, 0.15) is 35.3 Å². The molecule has 1 atom stereocenters. The Morgan fingerprint density at radius 1 is 1.20 bits per heavy atom. The molecule has 0 heterocycles. The lowest BCUT2D eigenvalue weighted by Gasteiger charge is -2.17. The molecule has 2 nitrogen and oxygen atoms in total. The van der Waals surface area contributed by atoms with Crippen LogP contribution in [0.2, 0.25) is 0 Å². The Labute approximate surface area is 91.9 Å². The number of aliphatic hydroxyl groups excluding tert-OH is 1. The highest BCUT2D eigenvalue weighted by Gasteiger charge is 2.13. The van der Waals surface area contributed by atoms with Gasteiger partial charge in [-0.2, -0.15) is 0 Å². The summed E-state index contributed by atoms with van der Waals surface area (Å²) in [5, 5.41) is 9.98. The first kappa shape index (κ1) is 12.2. The second-order valence-corrected chi connectivity index (χ2v) is 3.99. The van der Waals surface area contributed by atoms with Crippen molar-refractivity contribution in [2.75, 3.05) is 13.2 Å². The van der Waals surface area contributed by atoms with Gasteiger partial charge in [0.2, 0.25) is 0 Å². The minimum atomic E-state index is -0.509. The monoisotopic (exact) mass is 208 g/mol. The van der Waals surface area contributed by atoms with Crippen LogP contribution >= 0.6 is 0 Å². The number of benzene rings is 1. The van der Waals surface area contributed by atoms with E-state index in [-0.39, 0.29) is 0 Å². The van der Waals surface area contributed by atoms with Gasteiger partial charge in [0, 0.05) is 6.61 Å². The molecule has 0 amide bonds. The van der Waals surface area contributed by atoms with Crippen LogP contribution in [0, 0.1) is 20.8 Å². The fraction of sp³-hybridized carbons (Fsp3) is 0.538. The van der Waals surface area contributed by atoms with E-state index >= 15 is 0 Å². The van der Waals surface area contributed by atoms with Crippen LogP contribution in [0.4, 0.5) is 0 Å². The van der Waals surface area contributed by atoms with Crippen LogP contribution in [-0.4, -0.2) is 18.3 Å². The van der Waals surface area contributed by atoms with E-state index in [2.05, 4.69) is 19.1 Å². The summed E-state index contributed by atoms with van der Waals surface area (Å²) in [6.07, 6.45) is -0.509. The summed E-state index contributed by atoms with van der Waals surface area (Å²) in [6.45, 7) is 9.08. The van der Waals surface area contributed by atoms with Gasteiger partial charge in [0.25, 0.3) is 0 Å². The van der Waals surface area contributed by atoms with Gasteiger partial charge in [-0.25, -0.2) is 0 Å². The third-order valence-electron chi connectivity index (χ3n) is 2.55. The van der Waals surface area contributed by atoms with Gasteiger partial charge in [-0.05, 0) is 44.4 Å². The van der Waals surface area contributed by atoms with Crippen LogP contribution < -0.4 is 0 Å². The molecule has 1 N–H and O–H groups in total. The molecule has 0 aliphatic carbocycles. The Morgan fingerprint density at radius 3 is 2.20 bits per heavy atom. The molecule has 0 radical (unpaired) electrons. The molecule has 0 saturated carbocycles. The molecule has 0 bridgehead atoms. The van der Waals surface area contributed by atoms with E-state index in [0.717, 1.165) is 16.7 Å². The zero-order valence-corrected chi connectivity index (χ0v) is 10.0. The number of rotatable bonds is 4. The largest absolute Gasteiger partial charge is 0.386 e. The van der Waals surface area contributed by atoms with E-state index in [1.807, 2.05) is 20.8 Å². The van der Waals surface area contributed by atoms with Crippen molar-refractivity contribution in [1.29, 1.82) is 0 Å². The van der Waals surface area contributed by atoms with Gasteiger partial charge in [0.15, 0.2) is 0 Å². The molecule has 2 heteroatoms. The van der Waals surface area contributed by atoms with Gasteiger partial charge >= 0.3 is 0 Å².